The minimum atomic E-state index is -1.33. The standard InChI is InChI=1S/C15H18FNO4/c1-4-5-17-7-10(15(19)20)13(18)9-6-11(16)8(2)14(21-3)12(9)17/h7,11H,4-6H2,1-3H3,(H,19,20). The number of carbonyl (C=O) groups is 1. The lowest BCUT2D eigenvalue weighted by molar-refractivity contribution is 0.0694. The molecule has 0 bridgehead atoms. The van der Waals surface area contributed by atoms with E-state index >= 15 is 0 Å². The molecule has 0 aliphatic heterocycles. The van der Waals surface area contributed by atoms with Crippen molar-refractivity contribution in [2.75, 3.05) is 7.11 Å². The number of aromatic carboxylic acids is 1. The van der Waals surface area contributed by atoms with Crippen LogP contribution in [-0.4, -0.2) is 28.9 Å². The van der Waals surface area contributed by atoms with Crippen LogP contribution in [0.15, 0.2) is 16.6 Å². The van der Waals surface area contributed by atoms with Gasteiger partial charge in [0.2, 0.25) is 0 Å². The van der Waals surface area contributed by atoms with Crippen LogP contribution >= 0.6 is 0 Å². The van der Waals surface area contributed by atoms with E-state index < -0.39 is 17.6 Å². The van der Waals surface area contributed by atoms with Gasteiger partial charge in [0.25, 0.3) is 0 Å². The summed E-state index contributed by atoms with van der Waals surface area (Å²) >= 11 is 0. The summed E-state index contributed by atoms with van der Waals surface area (Å²) < 4.78 is 21.0. The molecule has 0 amide bonds. The molecular formula is C15H18FNO4. The van der Waals surface area contributed by atoms with E-state index in [9.17, 15) is 14.0 Å². The van der Waals surface area contributed by atoms with Crippen molar-refractivity contribution in [3.8, 4) is 0 Å². The fourth-order valence-electron chi connectivity index (χ4n) is 2.67. The molecule has 1 heterocycles. The monoisotopic (exact) mass is 295 g/mol. The van der Waals surface area contributed by atoms with Gasteiger partial charge in [0.15, 0.2) is 5.43 Å². The maximum atomic E-state index is 14.1. The molecule has 0 saturated carbocycles. The molecule has 0 saturated heterocycles. The molecule has 21 heavy (non-hydrogen) atoms. The molecule has 114 valence electrons. The Bertz CT molecular complexity index is 675. The molecule has 1 N–H and O–H groups in total. The van der Waals surface area contributed by atoms with Gasteiger partial charge in [-0.2, -0.15) is 0 Å². The van der Waals surface area contributed by atoms with Crippen LogP contribution in [0.1, 0.15) is 41.9 Å². The number of nitrogens with zero attached hydrogens (tertiary/aromatic N) is 1. The van der Waals surface area contributed by atoms with Gasteiger partial charge in [-0.15, -0.1) is 0 Å². The van der Waals surface area contributed by atoms with Crippen LogP contribution in [0.3, 0.4) is 0 Å². The lowest BCUT2D eigenvalue weighted by Crippen LogP contribution is -2.31. The van der Waals surface area contributed by atoms with E-state index in [1.54, 1.807) is 11.5 Å². The maximum Gasteiger partial charge on any atom is 0.341 e. The van der Waals surface area contributed by atoms with Gasteiger partial charge in [0.05, 0.1) is 12.8 Å². The van der Waals surface area contributed by atoms with Gasteiger partial charge < -0.3 is 14.4 Å². The molecule has 1 unspecified atom stereocenters. The van der Waals surface area contributed by atoms with E-state index in [4.69, 9.17) is 9.84 Å². The fraction of sp³-hybridized carbons (Fsp3) is 0.467. The molecule has 0 radical (unpaired) electrons. The first-order valence-corrected chi connectivity index (χ1v) is 6.81. The summed E-state index contributed by atoms with van der Waals surface area (Å²) in [5.41, 5.74) is 0.148. The number of aromatic nitrogens is 1. The number of fused-ring (bicyclic) bond motifs is 1. The van der Waals surface area contributed by atoms with Crippen molar-refractivity contribution in [2.45, 2.75) is 39.4 Å². The van der Waals surface area contributed by atoms with Gasteiger partial charge >= 0.3 is 5.97 Å². The summed E-state index contributed by atoms with van der Waals surface area (Å²) in [5.74, 6) is -0.973. The second-order valence-electron chi connectivity index (χ2n) is 5.09. The Morgan fingerprint density at radius 1 is 1.57 bits per heavy atom. The molecule has 2 rings (SSSR count). The van der Waals surface area contributed by atoms with E-state index in [0.29, 0.717) is 23.6 Å². The van der Waals surface area contributed by atoms with Gasteiger partial charge in [0.1, 0.15) is 17.5 Å². The number of carboxylic acids is 1. The SMILES string of the molecule is CCCn1cc(C(=O)O)c(=O)c2c1C(OC)=C(C)C(F)C2. The van der Waals surface area contributed by atoms with Crippen molar-refractivity contribution in [3.63, 3.8) is 0 Å². The van der Waals surface area contributed by atoms with E-state index in [0.717, 1.165) is 6.42 Å². The zero-order valence-electron chi connectivity index (χ0n) is 12.3. The number of allylic oxidation sites excluding steroid dienone is 1. The number of alkyl halides is 1. The molecule has 0 fully saturated rings. The van der Waals surface area contributed by atoms with Gasteiger partial charge in [-0.1, -0.05) is 6.92 Å². The minimum Gasteiger partial charge on any atom is -0.495 e. The Morgan fingerprint density at radius 2 is 2.24 bits per heavy atom. The third-order valence-corrected chi connectivity index (χ3v) is 3.70. The normalized spacial score (nSPS) is 17.6. The summed E-state index contributed by atoms with van der Waals surface area (Å²) in [4.78, 5) is 23.5. The van der Waals surface area contributed by atoms with Crippen LogP contribution in [0.2, 0.25) is 0 Å². The van der Waals surface area contributed by atoms with Gasteiger partial charge in [-0.3, -0.25) is 4.79 Å². The molecule has 6 heteroatoms. The Kier molecular flexibility index (Phi) is 4.16. The number of halogens is 1. The van der Waals surface area contributed by atoms with E-state index in [2.05, 4.69) is 0 Å². The molecule has 1 aromatic rings. The second kappa shape index (κ2) is 5.71. The summed E-state index contributed by atoms with van der Waals surface area (Å²) in [5, 5.41) is 9.15. The summed E-state index contributed by atoms with van der Waals surface area (Å²) in [6.07, 6.45) is 0.623. The first kappa shape index (κ1) is 15.3. The summed E-state index contributed by atoms with van der Waals surface area (Å²) in [7, 11) is 1.42. The second-order valence-corrected chi connectivity index (χ2v) is 5.09. The molecule has 1 atom stereocenters. The first-order valence-electron chi connectivity index (χ1n) is 6.81. The Balaban J connectivity index is 2.83. The number of aryl methyl sites for hydroxylation is 1. The van der Waals surface area contributed by atoms with Gasteiger partial charge in [-0.25, -0.2) is 9.18 Å². The van der Waals surface area contributed by atoms with Crippen LogP contribution < -0.4 is 5.43 Å². The fourth-order valence-corrected chi connectivity index (χ4v) is 2.67. The Hall–Kier alpha value is -2.11. The highest BCUT2D eigenvalue weighted by Crippen LogP contribution is 2.32. The predicted molar refractivity (Wildman–Crippen MR) is 76.2 cm³/mol. The van der Waals surface area contributed by atoms with Crippen LogP contribution in [0, 0.1) is 0 Å². The molecule has 1 aliphatic rings. The smallest absolute Gasteiger partial charge is 0.341 e. The van der Waals surface area contributed by atoms with E-state index in [1.165, 1.54) is 13.3 Å². The zero-order valence-corrected chi connectivity index (χ0v) is 12.3. The van der Waals surface area contributed by atoms with Gasteiger partial charge in [0, 0.05) is 30.3 Å². The van der Waals surface area contributed by atoms with Gasteiger partial charge in [-0.05, 0) is 13.3 Å². The number of hydrogen-bond acceptors (Lipinski definition) is 3. The topological polar surface area (TPSA) is 68.5 Å². The van der Waals surface area contributed by atoms with Crippen LogP contribution in [0.25, 0.3) is 5.76 Å². The molecule has 1 aliphatic carbocycles. The number of carboxylic acid groups (broad SMARTS) is 1. The lowest BCUT2D eigenvalue weighted by Gasteiger charge is -2.26. The Labute approximate surface area is 121 Å². The van der Waals surface area contributed by atoms with Crippen LogP contribution in [0.5, 0.6) is 0 Å². The zero-order chi connectivity index (χ0) is 15.7. The molecule has 0 aromatic carbocycles. The van der Waals surface area contributed by atoms with E-state index in [-0.39, 0.29) is 17.5 Å². The van der Waals surface area contributed by atoms with E-state index in [1.807, 2.05) is 6.92 Å². The van der Waals surface area contributed by atoms with Crippen molar-refractivity contribution in [3.05, 3.63) is 38.8 Å². The maximum absolute atomic E-state index is 14.1. The lowest BCUT2D eigenvalue weighted by atomic mass is 9.91. The largest absolute Gasteiger partial charge is 0.495 e. The highest BCUT2D eigenvalue weighted by atomic mass is 19.1. The molecule has 0 spiro atoms. The number of pyridine rings is 1. The minimum absolute atomic E-state index is 0.113. The molecule has 5 nitrogen and oxygen atoms in total. The number of ether oxygens (including phenoxy) is 1. The van der Waals surface area contributed by atoms with Crippen LogP contribution in [0.4, 0.5) is 4.39 Å². The van der Waals surface area contributed by atoms with Crippen molar-refractivity contribution in [1.82, 2.24) is 4.57 Å². The third kappa shape index (κ3) is 2.46. The van der Waals surface area contributed by atoms with Crippen molar-refractivity contribution in [2.24, 2.45) is 0 Å². The average molecular weight is 295 g/mol. The highest BCUT2D eigenvalue weighted by Gasteiger charge is 2.31. The van der Waals surface area contributed by atoms with Crippen LogP contribution in [-0.2, 0) is 17.7 Å². The third-order valence-electron chi connectivity index (χ3n) is 3.70. The Morgan fingerprint density at radius 3 is 2.76 bits per heavy atom. The predicted octanol–water partition coefficient (Wildman–Crippen LogP) is 2.23. The number of rotatable bonds is 4. The molecule has 1 aromatic heterocycles. The van der Waals surface area contributed by atoms with Crippen molar-refractivity contribution >= 4 is 11.7 Å². The quantitative estimate of drug-likeness (QED) is 0.925. The summed E-state index contributed by atoms with van der Waals surface area (Å²) in [6, 6.07) is 0. The first-order chi connectivity index (χ1) is 9.92. The van der Waals surface area contributed by atoms with Crippen molar-refractivity contribution < 1.29 is 19.0 Å². The molecular weight excluding hydrogens is 277 g/mol. The highest BCUT2D eigenvalue weighted by molar-refractivity contribution is 5.88. The average Bonchev–Trinajstić information content (AvgIpc) is 2.43. The van der Waals surface area contributed by atoms with Crippen molar-refractivity contribution in [1.29, 1.82) is 0 Å². The number of hydrogen-bond donors (Lipinski definition) is 1. The number of methoxy groups -OCH3 is 1. The summed E-state index contributed by atoms with van der Waals surface area (Å²) in [6.45, 7) is 4.09.